The summed E-state index contributed by atoms with van der Waals surface area (Å²) < 4.78 is 32.9. The second-order valence-electron chi connectivity index (χ2n) is 0.969. The molecule has 0 radical (unpaired) electrons. The second-order valence-corrected chi connectivity index (χ2v) is 5.03. The van der Waals surface area contributed by atoms with Gasteiger partial charge in [0.2, 0.25) is 0 Å². The van der Waals surface area contributed by atoms with Crippen LogP contribution in [0, 0.1) is 0 Å². The number of hydrogen-bond acceptors (Lipinski definition) is 0. The van der Waals surface area contributed by atoms with Gasteiger partial charge in [0.05, 0.1) is 0 Å². The van der Waals surface area contributed by atoms with Crippen LogP contribution in [0.25, 0.3) is 0 Å². The van der Waals surface area contributed by atoms with E-state index in [1.165, 1.54) is 6.92 Å². The van der Waals surface area contributed by atoms with Crippen LogP contribution in [0.3, 0.4) is 0 Å². The van der Waals surface area contributed by atoms with Crippen molar-refractivity contribution < 1.29 is 10.5 Å². The Morgan fingerprint density at radius 1 is 1.33 bits per heavy atom. The summed E-state index contributed by atoms with van der Waals surface area (Å²) in [5.41, 5.74) is 0. The Morgan fingerprint density at radius 2 is 1.50 bits per heavy atom. The van der Waals surface area contributed by atoms with E-state index in [0.717, 1.165) is 0 Å². The molecule has 0 aliphatic heterocycles. The molecule has 0 fully saturated rings. The molecule has 0 rings (SSSR count). The van der Waals surface area contributed by atoms with Crippen LogP contribution < -0.4 is 0 Å². The summed E-state index contributed by atoms with van der Waals surface area (Å²) in [7, 11) is 0. The average Bonchev–Trinajstić information content (AvgIpc) is 1.35. The Hall–Kier alpha value is 0.333. The van der Waals surface area contributed by atoms with Gasteiger partial charge in [0.15, 0.2) is 0 Å². The van der Waals surface area contributed by atoms with Gasteiger partial charge in [-0.05, 0) is 0 Å². The maximum atomic E-state index is 11.0. The van der Waals surface area contributed by atoms with Crippen molar-refractivity contribution in [1.82, 2.24) is 0 Å². The van der Waals surface area contributed by atoms with E-state index in [0.29, 0.717) is 0 Å². The topological polar surface area (TPSA) is 0 Å². The van der Waals surface area contributed by atoms with Crippen molar-refractivity contribution >= 4 is 14.7 Å². The van der Waals surface area contributed by atoms with Gasteiger partial charge in [-0.2, -0.15) is 0 Å². The molecule has 0 spiro atoms. The van der Waals surface area contributed by atoms with Crippen LogP contribution in [0.4, 0.5) is 10.5 Å². The van der Waals surface area contributed by atoms with Gasteiger partial charge in [-0.25, -0.2) is 0 Å². The zero-order valence-electron chi connectivity index (χ0n) is 3.34. The summed E-state index contributed by atoms with van der Waals surface area (Å²) >= 11 is -5.54. The van der Waals surface area contributed by atoms with Gasteiger partial charge in [0.1, 0.15) is 0 Å². The molecule has 0 saturated carbocycles. The summed E-state index contributed by atoms with van der Waals surface area (Å²) in [6.45, 7) is 1.17. The first kappa shape index (κ1) is 6.33. The fourth-order valence-corrected chi connectivity index (χ4v) is 0. The van der Waals surface area contributed by atoms with Crippen molar-refractivity contribution in [3.8, 4) is 0 Å². The monoisotopic (exact) mass is 160 g/mol. The minimum atomic E-state index is -5.54. The van der Waals surface area contributed by atoms with Gasteiger partial charge < -0.3 is 0 Å². The van der Waals surface area contributed by atoms with Gasteiger partial charge in [-0.3, -0.25) is 0 Å². The quantitative estimate of drug-likeness (QED) is 0.511. The van der Waals surface area contributed by atoms with Crippen molar-refractivity contribution in [3.05, 3.63) is 0 Å². The van der Waals surface area contributed by atoms with E-state index in [1.54, 1.807) is 0 Å². The van der Waals surface area contributed by atoms with Crippen molar-refractivity contribution in [1.29, 1.82) is 0 Å². The molecule has 0 aliphatic carbocycles. The molecule has 0 atom stereocenters. The van der Waals surface area contributed by atoms with Crippen LogP contribution in [-0.2, 0) is 0 Å². The first-order chi connectivity index (χ1) is 2.56. The predicted molar refractivity (Wildman–Crippen MR) is 19.6 cm³/mol. The summed E-state index contributed by atoms with van der Waals surface area (Å²) in [5, 5.41) is -0.542. The Morgan fingerprint density at radius 3 is 1.50 bits per heavy atom. The van der Waals surface area contributed by atoms with Crippen molar-refractivity contribution in [2.75, 3.05) is 0 Å². The fraction of sp³-hybridized carbons (Fsp3) is 1.00. The molecule has 0 bridgehead atoms. The Labute approximate surface area is 38.2 Å². The molecule has 0 saturated heterocycles. The summed E-state index contributed by atoms with van der Waals surface area (Å²) in [6, 6.07) is 0. The molecule has 0 aliphatic rings. The summed E-state index contributed by atoms with van der Waals surface area (Å²) in [4.78, 5) is 0. The molecule has 0 aromatic heterocycles. The molecule has 0 N–H and O–H groups in total. The summed E-state index contributed by atoms with van der Waals surface area (Å²) in [6.07, 6.45) is 0. The van der Waals surface area contributed by atoms with Crippen LogP contribution in [-0.4, -0.2) is 14.7 Å². The number of rotatable bonds is 1. The average molecular weight is 159 g/mol. The zero-order chi connectivity index (χ0) is 5.21. The summed E-state index contributed by atoms with van der Waals surface area (Å²) in [5.74, 6) is 0. The molecule has 0 amide bonds. The molecule has 0 unspecified atom stereocenters. The second kappa shape index (κ2) is 1.86. The SMILES string of the molecule is C[CH2][Ge]([F])([F])[F]. The predicted octanol–water partition coefficient (Wildman–Crippen LogP) is 1.85. The molecule has 38 valence electrons. The third-order valence-corrected chi connectivity index (χ3v) is 2.08. The van der Waals surface area contributed by atoms with E-state index >= 15 is 0 Å². The van der Waals surface area contributed by atoms with Gasteiger partial charge in [0, 0.05) is 0 Å². The molecule has 0 nitrogen and oxygen atoms in total. The van der Waals surface area contributed by atoms with Crippen molar-refractivity contribution in [2.24, 2.45) is 0 Å². The third-order valence-electron chi connectivity index (χ3n) is 0.401. The van der Waals surface area contributed by atoms with Crippen LogP contribution >= 0.6 is 0 Å². The van der Waals surface area contributed by atoms with E-state index in [4.69, 9.17) is 0 Å². The molecular formula is C2H5F3Ge. The standard InChI is InChI=1S/C2H5F3Ge/c1-2-6(3,4)5/h2H2,1H3. The van der Waals surface area contributed by atoms with Gasteiger partial charge >= 0.3 is 37.3 Å². The van der Waals surface area contributed by atoms with Crippen LogP contribution in [0.5, 0.6) is 0 Å². The van der Waals surface area contributed by atoms with Gasteiger partial charge in [-0.1, -0.05) is 0 Å². The molecular weight excluding hydrogens is 154 g/mol. The Bertz CT molecular complexity index is 38.5. The van der Waals surface area contributed by atoms with E-state index in [-0.39, 0.29) is 0 Å². The van der Waals surface area contributed by atoms with Crippen LogP contribution in [0.2, 0.25) is 5.25 Å². The molecule has 4 heteroatoms. The fourth-order valence-electron chi connectivity index (χ4n) is 0. The van der Waals surface area contributed by atoms with Crippen molar-refractivity contribution in [3.63, 3.8) is 0 Å². The minimum absolute atomic E-state index is 0.542. The van der Waals surface area contributed by atoms with Crippen LogP contribution in [0.15, 0.2) is 0 Å². The zero-order valence-corrected chi connectivity index (χ0v) is 5.44. The molecule has 0 aromatic rings. The van der Waals surface area contributed by atoms with Gasteiger partial charge in [0.25, 0.3) is 0 Å². The van der Waals surface area contributed by atoms with Gasteiger partial charge in [-0.15, -0.1) is 0 Å². The first-order valence-electron chi connectivity index (χ1n) is 1.63. The Kier molecular flexibility index (Phi) is 1.97. The van der Waals surface area contributed by atoms with Crippen molar-refractivity contribution in [2.45, 2.75) is 12.2 Å². The molecule has 6 heavy (non-hydrogen) atoms. The molecule has 0 heterocycles. The normalized spacial score (nSPS) is 12.0. The van der Waals surface area contributed by atoms with E-state index in [1.807, 2.05) is 0 Å². The number of halogens is 3. The maximum absolute atomic E-state index is 11.0. The number of hydrogen-bond donors (Lipinski definition) is 0. The first-order valence-corrected chi connectivity index (χ1v) is 5.49. The van der Waals surface area contributed by atoms with E-state index in [9.17, 15) is 10.5 Å². The van der Waals surface area contributed by atoms with E-state index in [2.05, 4.69) is 0 Å². The molecule has 0 aromatic carbocycles. The third kappa shape index (κ3) is 4.33. The van der Waals surface area contributed by atoms with Crippen LogP contribution in [0.1, 0.15) is 6.92 Å². The Balaban J connectivity index is 3.17. The van der Waals surface area contributed by atoms with E-state index < -0.39 is 19.9 Å².